The number of thioether (sulfide) groups is 1. The van der Waals surface area contributed by atoms with Crippen molar-refractivity contribution in [1.29, 1.82) is 0 Å². The number of benzene rings is 5. The van der Waals surface area contributed by atoms with Crippen LogP contribution in [-0.4, -0.2) is 24.8 Å². The van der Waals surface area contributed by atoms with Crippen molar-refractivity contribution in [3.05, 3.63) is 173 Å². The molecular formula is C43H37N3O5S. The van der Waals surface area contributed by atoms with E-state index in [-0.39, 0.29) is 11.6 Å². The molecule has 260 valence electrons. The second-order valence-electron chi connectivity index (χ2n) is 12.0. The molecule has 0 aliphatic carbocycles. The highest BCUT2D eigenvalue weighted by molar-refractivity contribution is 8.00. The maximum Gasteiger partial charge on any atom is 0.272 e. The number of furan rings is 1. The average Bonchev–Trinajstić information content (AvgIpc) is 3.64. The van der Waals surface area contributed by atoms with Gasteiger partial charge in [0.2, 0.25) is 5.91 Å². The molecule has 6 rings (SSSR count). The van der Waals surface area contributed by atoms with Crippen LogP contribution in [0.15, 0.2) is 155 Å². The summed E-state index contributed by atoms with van der Waals surface area (Å²) in [5, 5.41) is 8.20. The minimum atomic E-state index is -0.546. The number of methoxy groups -OCH3 is 1. The van der Waals surface area contributed by atoms with E-state index >= 15 is 0 Å². The molecule has 0 spiro atoms. The van der Waals surface area contributed by atoms with Gasteiger partial charge in [0.25, 0.3) is 11.8 Å². The number of carbonyl (C=O) groups excluding carboxylic acids is 3. The average molecular weight is 708 g/mol. The summed E-state index contributed by atoms with van der Waals surface area (Å²) in [6.07, 6.45) is 1.48. The molecule has 1 atom stereocenters. The first-order chi connectivity index (χ1) is 25.3. The molecule has 0 aliphatic heterocycles. The number of rotatable bonds is 12. The molecule has 8 nitrogen and oxygen atoms in total. The Kier molecular flexibility index (Phi) is 11.3. The molecule has 1 unspecified atom stereocenters. The molecule has 0 saturated carbocycles. The number of carbonyl (C=O) groups is 3. The van der Waals surface area contributed by atoms with E-state index in [1.807, 2.05) is 105 Å². The van der Waals surface area contributed by atoms with Gasteiger partial charge >= 0.3 is 0 Å². The van der Waals surface area contributed by atoms with Crippen LogP contribution in [0, 0.1) is 13.8 Å². The zero-order valence-corrected chi connectivity index (χ0v) is 29.7. The predicted molar refractivity (Wildman–Crippen MR) is 207 cm³/mol. The van der Waals surface area contributed by atoms with E-state index in [0.717, 1.165) is 32.8 Å². The van der Waals surface area contributed by atoms with Crippen LogP contribution in [0.4, 0.5) is 11.4 Å². The van der Waals surface area contributed by atoms with Gasteiger partial charge in [0, 0.05) is 27.9 Å². The zero-order valence-electron chi connectivity index (χ0n) is 28.9. The van der Waals surface area contributed by atoms with Crippen molar-refractivity contribution in [2.45, 2.75) is 24.0 Å². The summed E-state index contributed by atoms with van der Waals surface area (Å²) in [5.74, 6) is 0.406. The van der Waals surface area contributed by atoms with E-state index in [4.69, 9.17) is 9.15 Å². The van der Waals surface area contributed by atoms with Crippen LogP contribution in [0.2, 0.25) is 0 Å². The standard InChI is InChI=1S/C43H37N3O5S/c1-28-18-24-36(29(2)26-28)45-43(49)40(30-12-6-4-7-13-30)52-34-22-19-32(20-23-34)44-42(48)37(46-41(47)31-14-8-5-9-15-31)27-33-21-25-39(51-33)35-16-10-11-17-38(35)50-3/h4-27,40H,1-3H3,(H,44,48)(H,45,49)(H,46,47)/b37-27+. The molecule has 1 heterocycles. The number of para-hydroxylation sites is 1. The largest absolute Gasteiger partial charge is 0.496 e. The minimum Gasteiger partial charge on any atom is -0.496 e. The van der Waals surface area contributed by atoms with Crippen LogP contribution < -0.4 is 20.7 Å². The Balaban J connectivity index is 1.21. The number of ether oxygens (including phenoxy) is 1. The molecule has 0 bridgehead atoms. The molecule has 3 N–H and O–H groups in total. The van der Waals surface area contributed by atoms with Gasteiger partial charge in [-0.1, -0.05) is 78.4 Å². The summed E-state index contributed by atoms with van der Waals surface area (Å²) in [6.45, 7) is 3.99. The van der Waals surface area contributed by atoms with Gasteiger partial charge < -0.3 is 25.1 Å². The Morgan fingerprint density at radius 1 is 0.750 bits per heavy atom. The topological polar surface area (TPSA) is 110 Å². The summed E-state index contributed by atoms with van der Waals surface area (Å²) >= 11 is 1.41. The number of amides is 3. The fraction of sp³-hybridized carbons (Fsp3) is 0.0930. The lowest BCUT2D eigenvalue weighted by atomic mass is 10.1. The maximum absolute atomic E-state index is 13.7. The smallest absolute Gasteiger partial charge is 0.272 e. The molecule has 52 heavy (non-hydrogen) atoms. The highest BCUT2D eigenvalue weighted by atomic mass is 32.2. The molecule has 1 aromatic heterocycles. The predicted octanol–water partition coefficient (Wildman–Crippen LogP) is 9.45. The first-order valence-corrected chi connectivity index (χ1v) is 17.5. The van der Waals surface area contributed by atoms with Gasteiger partial charge in [0.1, 0.15) is 28.2 Å². The number of anilines is 2. The fourth-order valence-corrected chi connectivity index (χ4v) is 6.54. The van der Waals surface area contributed by atoms with Crippen LogP contribution >= 0.6 is 11.8 Å². The Labute approximate surface area is 306 Å². The second kappa shape index (κ2) is 16.6. The second-order valence-corrected chi connectivity index (χ2v) is 13.2. The van der Waals surface area contributed by atoms with Crippen LogP contribution in [0.25, 0.3) is 17.4 Å². The first-order valence-electron chi connectivity index (χ1n) is 16.6. The van der Waals surface area contributed by atoms with Gasteiger partial charge in [-0.3, -0.25) is 14.4 Å². The number of nitrogens with one attached hydrogen (secondary N) is 3. The SMILES string of the molecule is COc1ccccc1-c1ccc(/C=C(/NC(=O)c2ccccc2)C(=O)Nc2ccc(SC(C(=O)Nc3ccc(C)cc3C)c3ccccc3)cc2)o1. The van der Waals surface area contributed by atoms with Crippen molar-refractivity contribution in [2.75, 3.05) is 17.7 Å². The summed E-state index contributed by atoms with van der Waals surface area (Å²) in [4.78, 5) is 41.4. The molecule has 9 heteroatoms. The number of aryl methyl sites for hydroxylation is 2. The highest BCUT2D eigenvalue weighted by Crippen LogP contribution is 2.37. The quantitative estimate of drug-likeness (QED) is 0.0864. The summed E-state index contributed by atoms with van der Waals surface area (Å²) < 4.78 is 11.5. The van der Waals surface area contributed by atoms with Crippen LogP contribution in [0.3, 0.4) is 0 Å². The lowest BCUT2D eigenvalue weighted by Gasteiger charge is -2.18. The molecule has 3 amide bonds. The number of hydrogen-bond acceptors (Lipinski definition) is 6. The van der Waals surface area contributed by atoms with Crippen molar-refractivity contribution < 1.29 is 23.5 Å². The van der Waals surface area contributed by atoms with Gasteiger partial charge in [-0.2, -0.15) is 0 Å². The van der Waals surface area contributed by atoms with Crippen LogP contribution in [0.1, 0.15) is 38.1 Å². The monoisotopic (exact) mass is 707 g/mol. The van der Waals surface area contributed by atoms with Gasteiger partial charge in [-0.15, -0.1) is 11.8 Å². The van der Waals surface area contributed by atoms with Gasteiger partial charge in [-0.25, -0.2) is 0 Å². The highest BCUT2D eigenvalue weighted by Gasteiger charge is 2.23. The van der Waals surface area contributed by atoms with Crippen molar-refractivity contribution >= 4 is 46.9 Å². The number of hydrogen-bond donors (Lipinski definition) is 3. The molecule has 0 saturated heterocycles. The minimum absolute atomic E-state index is 0.0135. The lowest BCUT2D eigenvalue weighted by Crippen LogP contribution is -2.30. The Hall–Kier alpha value is -6.32. The van der Waals surface area contributed by atoms with Crippen molar-refractivity contribution in [1.82, 2.24) is 5.32 Å². The summed E-state index contributed by atoms with van der Waals surface area (Å²) in [7, 11) is 1.58. The third-order valence-electron chi connectivity index (χ3n) is 8.16. The molecular weight excluding hydrogens is 671 g/mol. The van der Waals surface area contributed by atoms with E-state index in [9.17, 15) is 14.4 Å². The molecule has 6 aromatic rings. The van der Waals surface area contributed by atoms with Crippen molar-refractivity contribution in [2.24, 2.45) is 0 Å². The fourth-order valence-electron chi connectivity index (χ4n) is 5.51. The van der Waals surface area contributed by atoms with Crippen LogP contribution in [0.5, 0.6) is 5.75 Å². The van der Waals surface area contributed by atoms with Crippen molar-refractivity contribution in [3.8, 4) is 17.1 Å². The third kappa shape index (κ3) is 8.88. The van der Waals surface area contributed by atoms with Crippen LogP contribution in [-0.2, 0) is 9.59 Å². The van der Waals surface area contributed by atoms with E-state index < -0.39 is 17.1 Å². The van der Waals surface area contributed by atoms with Crippen molar-refractivity contribution in [3.63, 3.8) is 0 Å². The molecule has 0 fully saturated rings. The Morgan fingerprint density at radius 2 is 1.44 bits per heavy atom. The summed E-state index contributed by atoms with van der Waals surface area (Å²) in [5.41, 5.74) is 5.37. The summed E-state index contributed by atoms with van der Waals surface area (Å²) in [6, 6.07) is 42.3. The zero-order chi connectivity index (χ0) is 36.5. The molecule has 0 radical (unpaired) electrons. The van der Waals surface area contributed by atoms with E-state index in [1.54, 1.807) is 55.6 Å². The Morgan fingerprint density at radius 3 is 2.15 bits per heavy atom. The first kappa shape index (κ1) is 35.5. The lowest BCUT2D eigenvalue weighted by molar-refractivity contribution is -0.116. The molecule has 5 aromatic carbocycles. The van der Waals surface area contributed by atoms with E-state index in [2.05, 4.69) is 16.0 Å². The molecule has 0 aliphatic rings. The third-order valence-corrected chi connectivity index (χ3v) is 9.43. The van der Waals surface area contributed by atoms with E-state index in [1.165, 1.54) is 17.8 Å². The normalized spacial score (nSPS) is 11.7. The maximum atomic E-state index is 13.7. The van der Waals surface area contributed by atoms with E-state index in [0.29, 0.717) is 28.5 Å². The van der Waals surface area contributed by atoms with Gasteiger partial charge in [0.15, 0.2) is 0 Å². The van der Waals surface area contributed by atoms with Gasteiger partial charge in [-0.05, 0) is 91.7 Å². The Bertz CT molecular complexity index is 2210. The van der Waals surface area contributed by atoms with Gasteiger partial charge in [0.05, 0.1) is 12.7 Å².